The average Bonchev–Trinajstić information content (AvgIpc) is 3.15. The van der Waals surface area contributed by atoms with Gasteiger partial charge in [0, 0.05) is 24.0 Å². The molecule has 7 heteroatoms. The van der Waals surface area contributed by atoms with Gasteiger partial charge in [0.15, 0.2) is 0 Å². The van der Waals surface area contributed by atoms with Crippen molar-refractivity contribution in [2.75, 3.05) is 0 Å². The second-order valence-corrected chi connectivity index (χ2v) is 7.85. The van der Waals surface area contributed by atoms with Crippen LogP contribution in [0, 0.1) is 6.92 Å². The summed E-state index contributed by atoms with van der Waals surface area (Å²) in [5.41, 5.74) is 11.5. The van der Waals surface area contributed by atoms with Crippen molar-refractivity contribution < 1.29 is 4.74 Å². The minimum Gasteiger partial charge on any atom is -0.333 e. The van der Waals surface area contributed by atoms with Crippen molar-refractivity contribution in [2.45, 2.75) is 45.7 Å². The first-order valence-corrected chi connectivity index (χ1v) is 10.2. The number of nitrogens with two attached hydrogens (primary N) is 1. The Hall–Kier alpha value is -2.48. The fourth-order valence-electron chi connectivity index (χ4n) is 3.02. The van der Waals surface area contributed by atoms with Crippen LogP contribution in [0.25, 0.3) is 10.2 Å². The van der Waals surface area contributed by atoms with E-state index >= 15 is 0 Å². The molecule has 0 spiro atoms. The molecule has 1 aromatic carbocycles. The average molecular weight is 394 g/mol. The molecule has 144 valence electrons. The van der Waals surface area contributed by atoms with Crippen LogP contribution in [0.3, 0.4) is 0 Å². The van der Waals surface area contributed by atoms with Crippen LogP contribution in [-0.2, 0) is 17.8 Å². The number of rotatable bonds is 6. The van der Waals surface area contributed by atoms with Gasteiger partial charge in [-0.15, -0.1) is 11.3 Å². The highest BCUT2D eigenvalue weighted by Crippen LogP contribution is 2.27. The van der Waals surface area contributed by atoms with Crippen LogP contribution in [0.15, 0.2) is 46.5 Å². The van der Waals surface area contributed by atoms with E-state index in [1.807, 2.05) is 19.2 Å². The number of thiazole rings is 1. The fraction of sp³-hybridized carbons (Fsp3) is 0.333. The highest BCUT2D eigenvalue weighted by Gasteiger charge is 2.21. The van der Waals surface area contributed by atoms with Crippen molar-refractivity contribution in [3.8, 4) is 0 Å². The van der Waals surface area contributed by atoms with Gasteiger partial charge < -0.3 is 10.5 Å². The van der Waals surface area contributed by atoms with Crippen molar-refractivity contribution in [1.82, 2.24) is 9.97 Å². The molecule has 1 aliphatic heterocycles. The van der Waals surface area contributed by atoms with Gasteiger partial charge in [-0.25, -0.2) is 15.0 Å². The molecule has 0 saturated carbocycles. The standard InChI is InChI=1S/C21H23N5OS/c1-3-14-4-6-15(7-5-14)12-27-21-23-9-8-16(26-21)19(22)20-25-17-11-24-13(2)10-18(17)28-20/h4-7,9-11,19,21H,3,8,12,22H2,1-2H3. The molecular formula is C21H23N5OS. The number of aryl methyl sites for hydroxylation is 2. The molecule has 0 aliphatic carbocycles. The third-order valence-electron chi connectivity index (χ3n) is 4.69. The molecule has 6 nitrogen and oxygen atoms in total. The maximum absolute atomic E-state index is 6.45. The van der Waals surface area contributed by atoms with Gasteiger partial charge in [-0.1, -0.05) is 31.2 Å². The molecule has 3 heterocycles. The molecule has 3 aromatic rings. The van der Waals surface area contributed by atoms with Crippen LogP contribution in [0.2, 0.25) is 0 Å². The van der Waals surface area contributed by atoms with E-state index in [1.54, 1.807) is 17.5 Å². The van der Waals surface area contributed by atoms with Crippen LogP contribution in [0.4, 0.5) is 0 Å². The maximum Gasteiger partial charge on any atom is 0.245 e. The highest BCUT2D eigenvalue weighted by molar-refractivity contribution is 7.18. The Morgan fingerprint density at radius 3 is 2.82 bits per heavy atom. The first-order chi connectivity index (χ1) is 13.6. The predicted molar refractivity (Wildman–Crippen MR) is 114 cm³/mol. The Labute approximate surface area is 168 Å². The zero-order valence-electron chi connectivity index (χ0n) is 16.0. The zero-order valence-corrected chi connectivity index (χ0v) is 16.8. The molecule has 2 atom stereocenters. The Bertz CT molecular complexity index is 1020. The Morgan fingerprint density at radius 1 is 1.25 bits per heavy atom. The van der Waals surface area contributed by atoms with E-state index in [9.17, 15) is 0 Å². The molecule has 1 aliphatic rings. The molecule has 0 saturated heterocycles. The van der Waals surface area contributed by atoms with Crippen molar-refractivity contribution >= 4 is 33.5 Å². The van der Waals surface area contributed by atoms with E-state index in [2.05, 4.69) is 51.1 Å². The van der Waals surface area contributed by atoms with Crippen molar-refractivity contribution in [2.24, 2.45) is 15.7 Å². The van der Waals surface area contributed by atoms with Gasteiger partial charge in [0.2, 0.25) is 6.35 Å². The summed E-state index contributed by atoms with van der Waals surface area (Å²) >= 11 is 1.59. The fourth-order valence-corrected chi connectivity index (χ4v) is 4.08. The van der Waals surface area contributed by atoms with Crippen molar-refractivity contribution in [3.05, 3.63) is 58.4 Å². The van der Waals surface area contributed by atoms with E-state index in [4.69, 9.17) is 10.5 Å². The van der Waals surface area contributed by atoms with E-state index in [0.717, 1.165) is 38.6 Å². The van der Waals surface area contributed by atoms with Gasteiger partial charge in [0.05, 0.1) is 29.1 Å². The van der Waals surface area contributed by atoms with Crippen LogP contribution in [0.5, 0.6) is 0 Å². The van der Waals surface area contributed by atoms with E-state index in [0.29, 0.717) is 13.0 Å². The molecule has 28 heavy (non-hydrogen) atoms. The maximum atomic E-state index is 6.45. The highest BCUT2D eigenvalue weighted by atomic mass is 32.1. The summed E-state index contributed by atoms with van der Waals surface area (Å²) in [6.07, 6.45) is 4.70. The second kappa shape index (κ2) is 8.26. The van der Waals surface area contributed by atoms with Crippen molar-refractivity contribution in [1.29, 1.82) is 0 Å². The van der Waals surface area contributed by atoms with Gasteiger partial charge in [-0.3, -0.25) is 4.98 Å². The van der Waals surface area contributed by atoms with Gasteiger partial charge in [0.25, 0.3) is 0 Å². The molecule has 0 amide bonds. The first-order valence-electron chi connectivity index (χ1n) is 9.38. The molecular weight excluding hydrogens is 370 g/mol. The predicted octanol–water partition coefficient (Wildman–Crippen LogP) is 3.98. The first kappa shape index (κ1) is 18.9. The summed E-state index contributed by atoms with van der Waals surface area (Å²) in [6, 6.07) is 10.1. The molecule has 2 N–H and O–H groups in total. The van der Waals surface area contributed by atoms with E-state index < -0.39 is 6.35 Å². The number of fused-ring (bicyclic) bond motifs is 1. The van der Waals surface area contributed by atoms with Crippen molar-refractivity contribution in [3.63, 3.8) is 0 Å². The number of nitrogens with zero attached hydrogens (tertiary/aromatic N) is 4. The van der Waals surface area contributed by atoms with E-state index in [1.165, 1.54) is 5.56 Å². The zero-order chi connectivity index (χ0) is 19.5. The van der Waals surface area contributed by atoms with Gasteiger partial charge in [-0.05, 0) is 30.5 Å². The summed E-state index contributed by atoms with van der Waals surface area (Å²) in [6.45, 7) is 4.58. The largest absolute Gasteiger partial charge is 0.333 e. The summed E-state index contributed by atoms with van der Waals surface area (Å²) < 4.78 is 6.95. The van der Waals surface area contributed by atoms with Crippen LogP contribution >= 0.6 is 11.3 Å². The van der Waals surface area contributed by atoms with Gasteiger partial charge >= 0.3 is 0 Å². The monoisotopic (exact) mass is 393 g/mol. The normalized spacial score (nSPS) is 17.7. The Balaban J connectivity index is 1.45. The van der Waals surface area contributed by atoms with Crippen LogP contribution in [-0.4, -0.2) is 28.2 Å². The second-order valence-electron chi connectivity index (χ2n) is 6.79. The number of aliphatic imine (C=N–C) groups is 2. The number of pyridine rings is 1. The molecule has 0 radical (unpaired) electrons. The lowest BCUT2D eigenvalue weighted by Gasteiger charge is -2.18. The number of hydrogen-bond acceptors (Lipinski definition) is 7. The lowest BCUT2D eigenvalue weighted by Crippen LogP contribution is -2.26. The summed E-state index contributed by atoms with van der Waals surface area (Å²) in [4.78, 5) is 17.9. The number of hydrogen-bond donors (Lipinski definition) is 1. The third-order valence-corrected chi connectivity index (χ3v) is 5.79. The molecule has 0 bridgehead atoms. The smallest absolute Gasteiger partial charge is 0.245 e. The lowest BCUT2D eigenvalue weighted by molar-refractivity contribution is 0.0521. The topological polar surface area (TPSA) is 85.8 Å². The number of benzene rings is 1. The summed E-state index contributed by atoms with van der Waals surface area (Å²) in [7, 11) is 0. The molecule has 2 aromatic heterocycles. The van der Waals surface area contributed by atoms with Gasteiger partial charge in [0.1, 0.15) is 5.01 Å². The third kappa shape index (κ3) is 4.16. The Morgan fingerprint density at radius 2 is 2.04 bits per heavy atom. The van der Waals surface area contributed by atoms with Crippen LogP contribution < -0.4 is 5.73 Å². The summed E-state index contributed by atoms with van der Waals surface area (Å²) in [5, 5.41) is 0.838. The van der Waals surface area contributed by atoms with Crippen LogP contribution in [0.1, 0.15) is 41.2 Å². The molecule has 4 rings (SSSR count). The minimum atomic E-state index is -0.557. The lowest BCUT2D eigenvalue weighted by atomic mass is 10.1. The number of aromatic nitrogens is 2. The SMILES string of the molecule is CCc1ccc(COC2N=CCC(C(N)c3nc4cnc(C)cc4s3)=N2)cc1. The molecule has 0 fully saturated rings. The summed E-state index contributed by atoms with van der Waals surface area (Å²) in [5.74, 6) is 0. The van der Waals surface area contributed by atoms with Gasteiger partial charge in [-0.2, -0.15) is 0 Å². The number of ether oxygens (including phenoxy) is 1. The molecule has 2 unspecified atom stereocenters. The Kier molecular flexibility index (Phi) is 5.57. The minimum absolute atomic E-state index is 0.362. The van der Waals surface area contributed by atoms with E-state index in [-0.39, 0.29) is 6.04 Å². The quantitative estimate of drug-likeness (QED) is 0.686.